The highest BCUT2D eigenvalue weighted by atomic mass is 15.2. The highest BCUT2D eigenvalue weighted by Gasteiger charge is 2.23. The van der Waals surface area contributed by atoms with Crippen molar-refractivity contribution in [2.45, 2.75) is 13.0 Å². The molecular formula is C16H18N6. The van der Waals surface area contributed by atoms with Gasteiger partial charge in [0.2, 0.25) is 0 Å². The van der Waals surface area contributed by atoms with Crippen LogP contribution in [-0.4, -0.2) is 51.0 Å². The predicted octanol–water partition coefficient (Wildman–Crippen LogP) is 2.05. The summed E-state index contributed by atoms with van der Waals surface area (Å²) in [6.45, 7) is 4.16. The molecule has 0 unspecified atom stereocenters. The van der Waals surface area contributed by atoms with Crippen LogP contribution in [0.25, 0.3) is 22.3 Å². The van der Waals surface area contributed by atoms with Crippen LogP contribution in [0.5, 0.6) is 0 Å². The highest BCUT2D eigenvalue weighted by Crippen LogP contribution is 2.23. The number of anilines is 1. The first kappa shape index (κ1) is 13.2. The molecule has 3 aromatic heterocycles. The second-order valence-electron chi connectivity index (χ2n) is 5.94. The lowest BCUT2D eigenvalue weighted by molar-refractivity contribution is 0.205. The molecule has 6 nitrogen and oxygen atoms in total. The lowest BCUT2D eigenvalue weighted by atomic mass is 10.1. The van der Waals surface area contributed by atoms with Crippen LogP contribution in [0.2, 0.25) is 0 Å². The number of nitrogens with one attached hydrogen (secondary N) is 2. The van der Waals surface area contributed by atoms with Crippen LogP contribution < -0.4 is 5.32 Å². The zero-order valence-corrected chi connectivity index (χ0v) is 12.7. The summed E-state index contributed by atoms with van der Waals surface area (Å²) in [6, 6.07) is 2.57. The van der Waals surface area contributed by atoms with E-state index in [0.717, 1.165) is 41.2 Å². The topological polar surface area (TPSA) is 69.7 Å². The number of nitrogens with zero attached hydrogens (tertiary/aromatic N) is 4. The number of H-pyrrole nitrogens is 1. The molecule has 0 aliphatic carbocycles. The summed E-state index contributed by atoms with van der Waals surface area (Å²) in [7, 11) is 2.11. The van der Waals surface area contributed by atoms with Gasteiger partial charge in [-0.05, 0) is 25.6 Å². The molecule has 3 aromatic rings. The van der Waals surface area contributed by atoms with Gasteiger partial charge in [0.15, 0.2) is 0 Å². The second-order valence-corrected chi connectivity index (χ2v) is 5.94. The van der Waals surface area contributed by atoms with Crippen molar-refractivity contribution in [1.29, 1.82) is 0 Å². The van der Waals surface area contributed by atoms with E-state index in [1.165, 1.54) is 5.56 Å². The summed E-state index contributed by atoms with van der Waals surface area (Å²) in [5.74, 6) is 0.821. The lowest BCUT2D eigenvalue weighted by Gasteiger charge is -2.36. The molecule has 2 N–H and O–H groups in total. The van der Waals surface area contributed by atoms with Crippen molar-refractivity contribution in [2.24, 2.45) is 0 Å². The first-order valence-electron chi connectivity index (χ1n) is 7.40. The summed E-state index contributed by atoms with van der Waals surface area (Å²) in [6.07, 6.45) is 7.36. The van der Waals surface area contributed by atoms with Crippen LogP contribution in [-0.2, 0) is 0 Å². The van der Waals surface area contributed by atoms with Gasteiger partial charge in [0.1, 0.15) is 11.5 Å². The Kier molecular flexibility index (Phi) is 3.04. The normalized spacial score (nSPS) is 15.9. The van der Waals surface area contributed by atoms with Gasteiger partial charge >= 0.3 is 0 Å². The molecule has 0 spiro atoms. The fourth-order valence-corrected chi connectivity index (χ4v) is 2.85. The Labute approximate surface area is 128 Å². The predicted molar refractivity (Wildman–Crippen MR) is 86.8 cm³/mol. The maximum absolute atomic E-state index is 4.67. The van der Waals surface area contributed by atoms with Crippen LogP contribution in [0.3, 0.4) is 0 Å². The molecule has 0 amide bonds. The van der Waals surface area contributed by atoms with E-state index in [2.05, 4.69) is 50.2 Å². The van der Waals surface area contributed by atoms with E-state index in [0.29, 0.717) is 6.04 Å². The van der Waals surface area contributed by atoms with Crippen molar-refractivity contribution in [3.63, 3.8) is 0 Å². The molecule has 112 valence electrons. The first-order valence-corrected chi connectivity index (χ1v) is 7.40. The third-order valence-corrected chi connectivity index (χ3v) is 4.08. The standard InChI is InChI=1S/C16H18N6/c1-10-4-18-16-13(10)3-11(5-19-16)14-6-17-7-15(21-14)20-12-8-22(2)9-12/h3-7,12H,8-9H2,1-2H3,(H,18,19)(H,20,21). The van der Waals surface area contributed by atoms with E-state index < -0.39 is 0 Å². The molecule has 0 aromatic carbocycles. The molecule has 22 heavy (non-hydrogen) atoms. The number of hydrogen-bond donors (Lipinski definition) is 2. The Bertz CT molecular complexity index is 818. The Balaban J connectivity index is 1.64. The van der Waals surface area contributed by atoms with E-state index in [1.54, 1.807) is 12.4 Å². The molecule has 1 aliphatic rings. The quantitative estimate of drug-likeness (QED) is 0.774. The molecule has 0 atom stereocenters. The van der Waals surface area contributed by atoms with Gasteiger partial charge in [0, 0.05) is 36.4 Å². The van der Waals surface area contributed by atoms with E-state index in [-0.39, 0.29) is 0 Å². The monoisotopic (exact) mass is 294 g/mol. The molecule has 0 saturated carbocycles. The minimum atomic E-state index is 0.460. The van der Waals surface area contributed by atoms with Crippen molar-refractivity contribution in [3.05, 3.63) is 36.4 Å². The van der Waals surface area contributed by atoms with Gasteiger partial charge in [-0.2, -0.15) is 0 Å². The number of fused-ring (bicyclic) bond motifs is 1. The van der Waals surface area contributed by atoms with E-state index >= 15 is 0 Å². The minimum Gasteiger partial charge on any atom is -0.363 e. The summed E-state index contributed by atoms with van der Waals surface area (Å²) >= 11 is 0. The van der Waals surface area contributed by atoms with Gasteiger partial charge < -0.3 is 15.2 Å². The number of aromatic nitrogens is 4. The summed E-state index contributed by atoms with van der Waals surface area (Å²) in [5, 5.41) is 4.54. The Morgan fingerprint density at radius 2 is 2.14 bits per heavy atom. The van der Waals surface area contributed by atoms with Crippen molar-refractivity contribution in [1.82, 2.24) is 24.8 Å². The fourth-order valence-electron chi connectivity index (χ4n) is 2.85. The van der Waals surface area contributed by atoms with E-state index in [9.17, 15) is 0 Å². The van der Waals surface area contributed by atoms with Gasteiger partial charge in [0.05, 0.1) is 24.1 Å². The number of likely N-dealkylation sites (N-methyl/N-ethyl adjacent to an activating group) is 1. The Morgan fingerprint density at radius 1 is 1.27 bits per heavy atom. The average Bonchev–Trinajstić information content (AvgIpc) is 2.87. The van der Waals surface area contributed by atoms with Crippen molar-refractivity contribution in [2.75, 3.05) is 25.5 Å². The first-order chi connectivity index (χ1) is 10.7. The lowest BCUT2D eigenvalue weighted by Crippen LogP contribution is -2.52. The Hall–Kier alpha value is -2.47. The number of likely N-dealkylation sites (tertiary alicyclic amines) is 1. The van der Waals surface area contributed by atoms with Crippen LogP contribution in [0, 0.1) is 6.92 Å². The molecule has 1 saturated heterocycles. The summed E-state index contributed by atoms with van der Waals surface area (Å²) in [5.41, 5.74) is 3.91. The van der Waals surface area contributed by atoms with Crippen LogP contribution in [0.1, 0.15) is 5.56 Å². The second kappa shape index (κ2) is 5.06. The number of pyridine rings is 1. The molecule has 4 heterocycles. The van der Waals surface area contributed by atoms with Gasteiger partial charge in [-0.3, -0.25) is 4.98 Å². The fraction of sp³-hybridized carbons (Fsp3) is 0.312. The summed E-state index contributed by atoms with van der Waals surface area (Å²) < 4.78 is 0. The van der Waals surface area contributed by atoms with Crippen molar-refractivity contribution in [3.8, 4) is 11.3 Å². The van der Waals surface area contributed by atoms with Gasteiger partial charge in [-0.1, -0.05) is 0 Å². The molecule has 1 fully saturated rings. The highest BCUT2D eigenvalue weighted by molar-refractivity contribution is 5.83. The van der Waals surface area contributed by atoms with Crippen LogP contribution >= 0.6 is 0 Å². The van der Waals surface area contributed by atoms with Gasteiger partial charge in [-0.25, -0.2) is 9.97 Å². The maximum atomic E-state index is 4.67. The number of rotatable bonds is 3. The SMILES string of the molecule is Cc1c[nH]c2ncc(-c3cncc(NC4CN(C)C4)n3)cc12. The van der Waals surface area contributed by atoms with E-state index in [1.807, 2.05) is 12.4 Å². The molecular weight excluding hydrogens is 276 g/mol. The van der Waals surface area contributed by atoms with Gasteiger partial charge in [0.25, 0.3) is 0 Å². The van der Waals surface area contributed by atoms with Crippen molar-refractivity contribution < 1.29 is 0 Å². The van der Waals surface area contributed by atoms with Gasteiger partial charge in [-0.15, -0.1) is 0 Å². The zero-order valence-electron chi connectivity index (χ0n) is 12.7. The largest absolute Gasteiger partial charge is 0.363 e. The van der Waals surface area contributed by atoms with Crippen LogP contribution in [0.4, 0.5) is 5.82 Å². The number of hydrogen-bond acceptors (Lipinski definition) is 5. The Morgan fingerprint density at radius 3 is 2.95 bits per heavy atom. The average molecular weight is 294 g/mol. The number of aryl methyl sites for hydroxylation is 1. The zero-order chi connectivity index (χ0) is 15.1. The smallest absolute Gasteiger partial charge is 0.145 e. The maximum Gasteiger partial charge on any atom is 0.145 e. The molecule has 0 bridgehead atoms. The molecule has 0 radical (unpaired) electrons. The molecule has 1 aliphatic heterocycles. The summed E-state index contributed by atoms with van der Waals surface area (Å²) in [4.78, 5) is 18.9. The van der Waals surface area contributed by atoms with E-state index in [4.69, 9.17) is 0 Å². The molecule has 4 rings (SSSR count). The third-order valence-electron chi connectivity index (χ3n) is 4.08. The molecule has 6 heteroatoms. The minimum absolute atomic E-state index is 0.460. The number of aromatic amines is 1. The van der Waals surface area contributed by atoms with Crippen LogP contribution in [0.15, 0.2) is 30.9 Å². The van der Waals surface area contributed by atoms with Crippen molar-refractivity contribution >= 4 is 16.9 Å². The third kappa shape index (κ3) is 2.31.